The van der Waals surface area contributed by atoms with Gasteiger partial charge in [0.05, 0.1) is 5.69 Å². The molecule has 0 radical (unpaired) electrons. The molecule has 1 unspecified atom stereocenters. The molecule has 2 N–H and O–H groups in total. The number of ether oxygens (including phenoxy) is 1. The lowest BCUT2D eigenvalue weighted by Gasteiger charge is -2.15. The van der Waals surface area contributed by atoms with Crippen LogP contribution in [-0.4, -0.2) is 12.1 Å². The van der Waals surface area contributed by atoms with Crippen molar-refractivity contribution in [2.75, 3.05) is 7.11 Å². The summed E-state index contributed by atoms with van der Waals surface area (Å²) in [4.78, 5) is 5.64. The second-order valence-corrected chi connectivity index (χ2v) is 4.78. The number of rotatable bonds is 4. The zero-order valence-electron chi connectivity index (χ0n) is 9.20. The number of aromatic nitrogens is 1. The molecule has 3 nitrogen and oxygen atoms in total. The van der Waals surface area contributed by atoms with Crippen LogP contribution in [0, 0.1) is 12.8 Å². The standard InChI is InChI=1S/C10H18N2OS/c1-6(2)9(13-4)10-12-7(3)8(5-11)14-10/h6,9H,5,11H2,1-4H3. The maximum Gasteiger partial charge on any atom is 0.122 e. The first kappa shape index (κ1) is 11.6. The molecule has 0 aliphatic rings. The van der Waals surface area contributed by atoms with Crippen molar-refractivity contribution < 1.29 is 4.74 Å². The third-order valence-electron chi connectivity index (χ3n) is 2.20. The molecule has 0 aliphatic heterocycles. The summed E-state index contributed by atoms with van der Waals surface area (Å²) < 4.78 is 5.42. The van der Waals surface area contributed by atoms with Gasteiger partial charge < -0.3 is 10.5 Å². The number of hydrogen-bond donors (Lipinski definition) is 1. The van der Waals surface area contributed by atoms with Gasteiger partial charge in [-0.05, 0) is 12.8 Å². The van der Waals surface area contributed by atoms with Gasteiger partial charge in [0.25, 0.3) is 0 Å². The Hall–Kier alpha value is -0.450. The summed E-state index contributed by atoms with van der Waals surface area (Å²) in [5.74, 6) is 0.441. The molecule has 1 rings (SSSR count). The van der Waals surface area contributed by atoms with E-state index in [4.69, 9.17) is 10.5 Å². The van der Waals surface area contributed by atoms with Crippen molar-refractivity contribution in [2.45, 2.75) is 33.4 Å². The van der Waals surface area contributed by atoms with Gasteiger partial charge in [-0.2, -0.15) is 0 Å². The molecule has 14 heavy (non-hydrogen) atoms. The molecule has 0 saturated carbocycles. The second-order valence-electron chi connectivity index (χ2n) is 3.67. The van der Waals surface area contributed by atoms with Crippen LogP contribution >= 0.6 is 11.3 Å². The minimum absolute atomic E-state index is 0.0963. The fraction of sp³-hybridized carbons (Fsp3) is 0.700. The van der Waals surface area contributed by atoms with Gasteiger partial charge in [-0.3, -0.25) is 0 Å². The lowest BCUT2D eigenvalue weighted by atomic mass is 10.1. The molecule has 1 aromatic heterocycles. The molecule has 0 saturated heterocycles. The zero-order valence-corrected chi connectivity index (χ0v) is 10.0. The van der Waals surface area contributed by atoms with Gasteiger partial charge in [0.2, 0.25) is 0 Å². The lowest BCUT2D eigenvalue weighted by Crippen LogP contribution is -2.08. The van der Waals surface area contributed by atoms with Crippen LogP contribution < -0.4 is 5.73 Å². The highest BCUT2D eigenvalue weighted by Crippen LogP contribution is 2.30. The monoisotopic (exact) mass is 214 g/mol. The summed E-state index contributed by atoms with van der Waals surface area (Å²) in [7, 11) is 1.73. The van der Waals surface area contributed by atoms with E-state index < -0.39 is 0 Å². The van der Waals surface area contributed by atoms with E-state index in [1.807, 2.05) is 6.92 Å². The van der Waals surface area contributed by atoms with E-state index in [9.17, 15) is 0 Å². The minimum atomic E-state index is 0.0963. The molecule has 1 atom stereocenters. The van der Waals surface area contributed by atoms with E-state index in [-0.39, 0.29) is 6.10 Å². The Bertz CT molecular complexity index is 296. The van der Waals surface area contributed by atoms with Crippen LogP contribution in [-0.2, 0) is 11.3 Å². The number of methoxy groups -OCH3 is 1. The van der Waals surface area contributed by atoms with Crippen LogP contribution in [0.3, 0.4) is 0 Å². The third-order valence-corrected chi connectivity index (χ3v) is 3.44. The Balaban J connectivity index is 2.93. The highest BCUT2D eigenvalue weighted by atomic mass is 32.1. The molecule has 0 aromatic carbocycles. The third kappa shape index (κ3) is 2.32. The van der Waals surface area contributed by atoms with Gasteiger partial charge in [-0.25, -0.2) is 4.98 Å². The average Bonchev–Trinajstić information content (AvgIpc) is 2.47. The van der Waals surface area contributed by atoms with Crippen molar-refractivity contribution in [2.24, 2.45) is 11.7 Å². The molecule has 0 bridgehead atoms. The number of nitrogens with two attached hydrogens (primary N) is 1. The maximum atomic E-state index is 5.61. The predicted octanol–water partition coefficient (Wildman–Crippen LogP) is 2.25. The predicted molar refractivity (Wildman–Crippen MR) is 59.3 cm³/mol. The first-order chi connectivity index (χ1) is 6.60. The van der Waals surface area contributed by atoms with E-state index >= 15 is 0 Å². The average molecular weight is 214 g/mol. The van der Waals surface area contributed by atoms with Crippen LogP contribution in [0.1, 0.15) is 35.5 Å². The molecule has 0 fully saturated rings. The van der Waals surface area contributed by atoms with Crippen molar-refractivity contribution in [3.8, 4) is 0 Å². The first-order valence-corrected chi connectivity index (χ1v) is 5.60. The van der Waals surface area contributed by atoms with Crippen molar-refractivity contribution in [1.29, 1.82) is 0 Å². The van der Waals surface area contributed by atoms with Crippen molar-refractivity contribution in [1.82, 2.24) is 4.98 Å². The van der Waals surface area contributed by atoms with Crippen LogP contribution in [0.25, 0.3) is 0 Å². The summed E-state index contributed by atoms with van der Waals surface area (Å²) >= 11 is 1.66. The largest absolute Gasteiger partial charge is 0.374 e. The normalized spacial score (nSPS) is 13.6. The number of nitrogens with zero attached hydrogens (tertiary/aromatic N) is 1. The summed E-state index contributed by atoms with van der Waals surface area (Å²) in [6, 6.07) is 0. The van der Waals surface area contributed by atoms with Crippen molar-refractivity contribution in [3.05, 3.63) is 15.6 Å². The zero-order chi connectivity index (χ0) is 10.7. The summed E-state index contributed by atoms with van der Waals surface area (Å²) in [5.41, 5.74) is 6.65. The fourth-order valence-electron chi connectivity index (χ4n) is 1.42. The smallest absolute Gasteiger partial charge is 0.122 e. The van der Waals surface area contributed by atoms with E-state index in [0.29, 0.717) is 12.5 Å². The van der Waals surface area contributed by atoms with E-state index in [1.165, 1.54) is 0 Å². The highest BCUT2D eigenvalue weighted by Gasteiger charge is 2.19. The molecule has 80 valence electrons. The molecule has 0 amide bonds. The summed E-state index contributed by atoms with van der Waals surface area (Å²) in [6.07, 6.45) is 0.0963. The summed E-state index contributed by atoms with van der Waals surface area (Å²) in [5, 5.41) is 1.04. The number of thiazole rings is 1. The topological polar surface area (TPSA) is 48.1 Å². The summed E-state index contributed by atoms with van der Waals surface area (Å²) in [6.45, 7) is 6.83. The van der Waals surface area contributed by atoms with Crippen LogP contribution in [0.5, 0.6) is 0 Å². The minimum Gasteiger partial charge on any atom is -0.374 e. The maximum absolute atomic E-state index is 5.61. The van der Waals surface area contributed by atoms with Crippen molar-refractivity contribution >= 4 is 11.3 Å². The molecule has 4 heteroatoms. The van der Waals surface area contributed by atoms with Gasteiger partial charge in [0.1, 0.15) is 11.1 Å². The fourth-order valence-corrected chi connectivity index (χ4v) is 2.62. The quantitative estimate of drug-likeness (QED) is 0.836. The van der Waals surface area contributed by atoms with Crippen LogP contribution in [0.2, 0.25) is 0 Å². The number of aryl methyl sites for hydroxylation is 1. The van der Waals surface area contributed by atoms with Crippen LogP contribution in [0.15, 0.2) is 0 Å². The molecule has 1 heterocycles. The lowest BCUT2D eigenvalue weighted by molar-refractivity contribution is 0.0643. The van der Waals surface area contributed by atoms with Gasteiger partial charge in [-0.1, -0.05) is 13.8 Å². The van der Waals surface area contributed by atoms with Crippen LogP contribution in [0.4, 0.5) is 0 Å². The molecular weight excluding hydrogens is 196 g/mol. The van der Waals surface area contributed by atoms with Crippen molar-refractivity contribution in [3.63, 3.8) is 0 Å². The van der Waals surface area contributed by atoms with E-state index in [2.05, 4.69) is 18.8 Å². The molecule has 0 spiro atoms. The van der Waals surface area contributed by atoms with Gasteiger partial charge >= 0.3 is 0 Å². The highest BCUT2D eigenvalue weighted by molar-refractivity contribution is 7.11. The number of hydrogen-bond acceptors (Lipinski definition) is 4. The van der Waals surface area contributed by atoms with Gasteiger partial charge in [-0.15, -0.1) is 11.3 Å². The van der Waals surface area contributed by atoms with Gasteiger partial charge in [0, 0.05) is 18.5 Å². The Labute approximate surface area is 89.3 Å². The molecule has 1 aromatic rings. The SMILES string of the molecule is COC(c1nc(C)c(CN)s1)C(C)C. The molecular formula is C10H18N2OS. The Kier molecular flexibility index (Phi) is 4.04. The molecule has 0 aliphatic carbocycles. The van der Waals surface area contributed by atoms with Gasteiger partial charge in [0.15, 0.2) is 0 Å². The first-order valence-electron chi connectivity index (χ1n) is 4.79. The Morgan fingerprint density at radius 1 is 1.50 bits per heavy atom. The second kappa shape index (κ2) is 4.87. The Morgan fingerprint density at radius 3 is 2.50 bits per heavy atom. The van der Waals surface area contributed by atoms with E-state index in [0.717, 1.165) is 15.6 Å². The van der Waals surface area contributed by atoms with E-state index in [1.54, 1.807) is 18.4 Å². The Morgan fingerprint density at radius 2 is 2.14 bits per heavy atom.